The first-order chi connectivity index (χ1) is 14.4. The molecule has 0 bridgehead atoms. The van der Waals surface area contributed by atoms with E-state index in [0.29, 0.717) is 41.1 Å². The van der Waals surface area contributed by atoms with Gasteiger partial charge in [-0.05, 0) is 51.1 Å². The first-order valence-electron chi connectivity index (χ1n) is 11.1. The molecule has 2 aliphatic rings. The first-order valence-corrected chi connectivity index (χ1v) is 11.5. The molecular formula is C23H34ClN3O3. The Labute approximate surface area is 184 Å². The lowest BCUT2D eigenvalue weighted by atomic mass is 10.0. The van der Waals surface area contributed by atoms with E-state index < -0.39 is 0 Å². The van der Waals surface area contributed by atoms with E-state index in [1.54, 1.807) is 18.2 Å². The summed E-state index contributed by atoms with van der Waals surface area (Å²) in [5.41, 5.74) is 0.526. The highest BCUT2D eigenvalue weighted by atomic mass is 35.5. The molecule has 1 aromatic carbocycles. The van der Waals surface area contributed by atoms with Gasteiger partial charge in [-0.1, -0.05) is 24.4 Å². The van der Waals surface area contributed by atoms with E-state index in [-0.39, 0.29) is 12.0 Å². The lowest BCUT2D eigenvalue weighted by Crippen LogP contribution is -2.42. The summed E-state index contributed by atoms with van der Waals surface area (Å²) in [6.07, 6.45) is 7.30. The molecular weight excluding hydrogens is 402 g/mol. The van der Waals surface area contributed by atoms with E-state index in [1.165, 1.54) is 25.7 Å². The van der Waals surface area contributed by atoms with Crippen molar-refractivity contribution in [3.63, 3.8) is 0 Å². The van der Waals surface area contributed by atoms with Crippen LogP contribution in [0.25, 0.3) is 0 Å². The minimum Gasteiger partial charge on any atom is -0.489 e. The van der Waals surface area contributed by atoms with Crippen LogP contribution in [0.4, 0.5) is 0 Å². The number of carbonyl (C=O) groups is 2. The average molecular weight is 436 g/mol. The summed E-state index contributed by atoms with van der Waals surface area (Å²) >= 11 is 6.37. The van der Waals surface area contributed by atoms with Crippen LogP contribution in [0.2, 0.25) is 5.02 Å². The zero-order valence-electron chi connectivity index (χ0n) is 18.2. The number of piperidine rings is 1. The number of likely N-dealkylation sites (N-methyl/N-ethyl adjacent to an activating group) is 1. The van der Waals surface area contributed by atoms with Crippen LogP contribution >= 0.6 is 11.6 Å². The van der Waals surface area contributed by atoms with Gasteiger partial charge in [-0.25, -0.2) is 0 Å². The number of likely N-dealkylation sites (tertiary alicyclic amines) is 1. The molecule has 1 heterocycles. The summed E-state index contributed by atoms with van der Waals surface area (Å²) in [5, 5.41) is 3.32. The molecule has 1 saturated heterocycles. The van der Waals surface area contributed by atoms with Gasteiger partial charge in [0.25, 0.3) is 5.91 Å². The van der Waals surface area contributed by atoms with Gasteiger partial charge in [-0.2, -0.15) is 0 Å². The molecule has 0 unspecified atom stereocenters. The molecule has 3 rings (SSSR count). The number of ether oxygens (including phenoxy) is 1. The molecule has 0 radical (unpaired) electrons. The topological polar surface area (TPSA) is 61.9 Å². The number of rotatable bonds is 8. The Morgan fingerprint density at radius 3 is 2.50 bits per heavy atom. The highest BCUT2D eigenvalue weighted by molar-refractivity contribution is 6.32. The Morgan fingerprint density at radius 2 is 1.87 bits per heavy atom. The van der Waals surface area contributed by atoms with Crippen LogP contribution in [0.5, 0.6) is 5.75 Å². The van der Waals surface area contributed by atoms with Crippen LogP contribution in [-0.4, -0.2) is 68.0 Å². The predicted molar refractivity (Wildman–Crippen MR) is 119 cm³/mol. The van der Waals surface area contributed by atoms with E-state index in [9.17, 15) is 9.59 Å². The van der Waals surface area contributed by atoms with Gasteiger partial charge < -0.3 is 19.9 Å². The Balaban J connectivity index is 1.45. The number of nitrogens with zero attached hydrogens (tertiary/aromatic N) is 2. The zero-order valence-corrected chi connectivity index (χ0v) is 18.9. The van der Waals surface area contributed by atoms with Gasteiger partial charge in [0.1, 0.15) is 11.9 Å². The minimum absolute atomic E-state index is 0.0396. The second-order valence-electron chi connectivity index (χ2n) is 8.76. The maximum absolute atomic E-state index is 12.5. The highest BCUT2D eigenvalue weighted by Crippen LogP contribution is 2.30. The largest absolute Gasteiger partial charge is 0.489 e. The van der Waals surface area contributed by atoms with Crippen LogP contribution in [0.3, 0.4) is 0 Å². The summed E-state index contributed by atoms with van der Waals surface area (Å²) in [7, 11) is 3.93. The molecule has 0 spiro atoms. The van der Waals surface area contributed by atoms with E-state index >= 15 is 0 Å². The van der Waals surface area contributed by atoms with Gasteiger partial charge in [0, 0.05) is 51.0 Å². The fourth-order valence-electron chi connectivity index (χ4n) is 4.23. The molecule has 2 amide bonds. The number of carbonyl (C=O) groups excluding carboxylic acids is 2. The maximum atomic E-state index is 12.5. The number of benzene rings is 1. The van der Waals surface area contributed by atoms with Gasteiger partial charge in [0.15, 0.2) is 0 Å². The van der Waals surface area contributed by atoms with Gasteiger partial charge >= 0.3 is 0 Å². The number of hydrogen-bond acceptors (Lipinski definition) is 4. The standard InChI is InChI=1S/C23H34ClN3O3/c1-26(2)14-11-25-23(29)18-7-8-21(20(24)16-18)30-19-9-12-27(13-10-19)22(28)15-17-5-3-4-6-17/h7-8,16-17,19H,3-6,9-15H2,1-2H3,(H,25,29). The summed E-state index contributed by atoms with van der Waals surface area (Å²) < 4.78 is 6.09. The third kappa shape index (κ3) is 6.61. The summed E-state index contributed by atoms with van der Waals surface area (Å²) in [6, 6.07) is 5.16. The molecule has 1 aliphatic carbocycles. The van der Waals surface area contributed by atoms with E-state index in [1.807, 2.05) is 23.9 Å². The lowest BCUT2D eigenvalue weighted by molar-refractivity contribution is -0.134. The average Bonchev–Trinajstić information content (AvgIpc) is 3.22. The van der Waals surface area contributed by atoms with Crippen LogP contribution in [0.15, 0.2) is 18.2 Å². The molecule has 1 aromatic rings. The number of nitrogens with one attached hydrogen (secondary N) is 1. The summed E-state index contributed by atoms with van der Waals surface area (Å²) in [4.78, 5) is 28.7. The van der Waals surface area contributed by atoms with E-state index in [0.717, 1.165) is 32.5 Å². The smallest absolute Gasteiger partial charge is 0.251 e. The van der Waals surface area contributed by atoms with Crippen molar-refractivity contribution in [2.75, 3.05) is 40.3 Å². The second-order valence-corrected chi connectivity index (χ2v) is 9.16. The minimum atomic E-state index is -0.139. The van der Waals surface area contributed by atoms with Crippen molar-refractivity contribution in [1.29, 1.82) is 0 Å². The Bertz CT molecular complexity index is 726. The zero-order chi connectivity index (χ0) is 21.5. The fraction of sp³-hybridized carbons (Fsp3) is 0.652. The van der Waals surface area contributed by atoms with Crippen molar-refractivity contribution < 1.29 is 14.3 Å². The van der Waals surface area contributed by atoms with Crippen molar-refractivity contribution >= 4 is 23.4 Å². The third-order valence-electron chi connectivity index (χ3n) is 6.07. The molecule has 30 heavy (non-hydrogen) atoms. The molecule has 2 fully saturated rings. The Kier molecular flexibility index (Phi) is 8.40. The third-order valence-corrected chi connectivity index (χ3v) is 6.36. The quantitative estimate of drug-likeness (QED) is 0.677. The lowest BCUT2D eigenvalue weighted by Gasteiger charge is -2.33. The maximum Gasteiger partial charge on any atom is 0.251 e. The number of halogens is 1. The first kappa shape index (κ1) is 22.9. The predicted octanol–water partition coefficient (Wildman–Crippen LogP) is 3.58. The van der Waals surface area contributed by atoms with Gasteiger partial charge in [0.05, 0.1) is 5.02 Å². The van der Waals surface area contributed by atoms with Crippen molar-refractivity contribution in [1.82, 2.24) is 15.1 Å². The monoisotopic (exact) mass is 435 g/mol. The second kappa shape index (κ2) is 11.0. The normalized spacial score (nSPS) is 18.1. The van der Waals surface area contributed by atoms with Crippen LogP contribution in [-0.2, 0) is 4.79 Å². The van der Waals surface area contributed by atoms with Crippen molar-refractivity contribution in [3.8, 4) is 5.75 Å². The summed E-state index contributed by atoms with van der Waals surface area (Å²) in [5.74, 6) is 1.34. The molecule has 0 aromatic heterocycles. The van der Waals surface area contributed by atoms with Crippen molar-refractivity contribution in [2.45, 2.75) is 51.0 Å². The van der Waals surface area contributed by atoms with Gasteiger partial charge in [-0.15, -0.1) is 0 Å². The van der Waals surface area contributed by atoms with Crippen molar-refractivity contribution in [3.05, 3.63) is 28.8 Å². The molecule has 1 N–H and O–H groups in total. The van der Waals surface area contributed by atoms with Crippen LogP contribution in [0, 0.1) is 5.92 Å². The fourth-order valence-corrected chi connectivity index (χ4v) is 4.45. The van der Waals surface area contributed by atoms with Crippen LogP contribution in [0.1, 0.15) is 55.3 Å². The van der Waals surface area contributed by atoms with Gasteiger partial charge in [-0.3, -0.25) is 9.59 Å². The highest BCUT2D eigenvalue weighted by Gasteiger charge is 2.27. The number of hydrogen-bond donors (Lipinski definition) is 1. The van der Waals surface area contributed by atoms with E-state index in [4.69, 9.17) is 16.3 Å². The SMILES string of the molecule is CN(C)CCNC(=O)c1ccc(OC2CCN(C(=O)CC3CCCC3)CC2)c(Cl)c1. The van der Waals surface area contributed by atoms with Crippen LogP contribution < -0.4 is 10.1 Å². The molecule has 6 nitrogen and oxygen atoms in total. The number of amides is 2. The summed E-state index contributed by atoms with van der Waals surface area (Å²) in [6.45, 7) is 2.84. The van der Waals surface area contributed by atoms with E-state index in [2.05, 4.69) is 5.32 Å². The van der Waals surface area contributed by atoms with Gasteiger partial charge in [0.2, 0.25) is 5.91 Å². The molecule has 1 saturated carbocycles. The van der Waals surface area contributed by atoms with Crippen molar-refractivity contribution in [2.24, 2.45) is 5.92 Å². The Hall–Kier alpha value is -1.79. The Morgan fingerprint density at radius 1 is 1.17 bits per heavy atom. The molecule has 0 atom stereocenters. The molecule has 166 valence electrons. The molecule has 7 heteroatoms. The molecule has 1 aliphatic heterocycles.